The Morgan fingerprint density at radius 3 is 2.77 bits per heavy atom. The van der Waals surface area contributed by atoms with Crippen molar-refractivity contribution in [1.82, 2.24) is 5.01 Å². The van der Waals surface area contributed by atoms with E-state index >= 15 is 0 Å². The Morgan fingerprint density at radius 1 is 1.09 bits per heavy atom. The molecule has 0 spiro atoms. The molecule has 0 saturated heterocycles. The molecule has 35 heavy (non-hydrogen) atoms. The number of amides is 1. The third-order valence-electron chi connectivity index (χ3n) is 6.39. The third kappa shape index (κ3) is 3.99. The Balaban J connectivity index is 1.23. The maximum absolute atomic E-state index is 13.3. The Morgan fingerprint density at radius 2 is 1.94 bits per heavy atom. The first kappa shape index (κ1) is 21.3. The number of allylic oxidation sites excluding steroid dienone is 1. The number of nitrogens with zero attached hydrogens (tertiary/aromatic N) is 2. The van der Waals surface area contributed by atoms with Crippen LogP contribution in [0.3, 0.4) is 0 Å². The van der Waals surface area contributed by atoms with Gasteiger partial charge in [-0.05, 0) is 73.4 Å². The first-order chi connectivity index (χ1) is 17.2. The molecule has 1 amide bonds. The number of hydrogen-bond acceptors (Lipinski definition) is 8. The lowest BCUT2D eigenvalue weighted by molar-refractivity contribution is -0.137. The second-order valence-corrected chi connectivity index (χ2v) is 8.51. The molecule has 2 aromatic heterocycles. The van der Waals surface area contributed by atoms with Crippen LogP contribution in [-0.4, -0.2) is 36.0 Å². The lowest BCUT2D eigenvalue weighted by atomic mass is 9.79. The summed E-state index contributed by atoms with van der Waals surface area (Å²) < 4.78 is 27.1. The van der Waals surface area contributed by atoms with E-state index in [-0.39, 0.29) is 18.3 Å². The van der Waals surface area contributed by atoms with Crippen molar-refractivity contribution in [2.45, 2.75) is 25.3 Å². The SMILES string of the molecule is O=C(OCC(=O)N1N=C2/C(=C\c3ccco3)CCCC2C1c1ccco1)c1ccc2c(c1)OCO2. The van der Waals surface area contributed by atoms with E-state index in [0.29, 0.717) is 17.3 Å². The van der Waals surface area contributed by atoms with E-state index in [9.17, 15) is 9.59 Å². The molecule has 1 aromatic carbocycles. The largest absolute Gasteiger partial charge is 0.467 e. The van der Waals surface area contributed by atoms with E-state index in [2.05, 4.69) is 0 Å². The molecule has 3 aliphatic rings. The molecule has 2 unspecified atom stereocenters. The number of hydrogen-bond donors (Lipinski definition) is 0. The molecule has 9 nitrogen and oxygen atoms in total. The number of carbonyl (C=O) groups excluding carboxylic acids is 2. The van der Waals surface area contributed by atoms with Gasteiger partial charge in [0.15, 0.2) is 18.1 Å². The van der Waals surface area contributed by atoms with Crippen molar-refractivity contribution in [1.29, 1.82) is 0 Å². The second kappa shape index (κ2) is 8.83. The van der Waals surface area contributed by atoms with Gasteiger partial charge in [0.05, 0.1) is 23.8 Å². The van der Waals surface area contributed by atoms with E-state index in [1.54, 1.807) is 30.7 Å². The molecule has 1 aliphatic carbocycles. The zero-order valence-electron chi connectivity index (χ0n) is 18.7. The summed E-state index contributed by atoms with van der Waals surface area (Å²) in [5.74, 6) is 1.32. The van der Waals surface area contributed by atoms with Crippen LogP contribution in [0.5, 0.6) is 11.5 Å². The number of benzene rings is 1. The summed E-state index contributed by atoms with van der Waals surface area (Å²) in [5.41, 5.74) is 2.14. The molecule has 2 atom stereocenters. The standard InChI is InChI=1S/C26H22N2O7/c29-23(14-33-26(30)17-8-9-20-22(13-17)35-15-34-20)28-25(21-7-3-11-32-21)19-6-1-4-16(24(19)27-28)12-18-5-2-10-31-18/h2-3,5,7-13,19,25H,1,4,6,14-15H2/b16-12-. The molecule has 1 saturated carbocycles. The average Bonchev–Trinajstić information content (AvgIpc) is 3.67. The van der Waals surface area contributed by atoms with E-state index in [4.69, 9.17) is 28.1 Å². The quantitative estimate of drug-likeness (QED) is 0.499. The van der Waals surface area contributed by atoms with Crippen molar-refractivity contribution in [2.24, 2.45) is 11.0 Å². The van der Waals surface area contributed by atoms with Crippen molar-refractivity contribution in [3.63, 3.8) is 0 Å². The van der Waals surface area contributed by atoms with Gasteiger partial charge in [0.25, 0.3) is 5.91 Å². The van der Waals surface area contributed by atoms with Gasteiger partial charge in [0.1, 0.15) is 17.6 Å². The summed E-state index contributed by atoms with van der Waals surface area (Å²) in [6.45, 7) is -0.349. The molecule has 4 heterocycles. The van der Waals surface area contributed by atoms with Crippen LogP contribution in [0.25, 0.3) is 6.08 Å². The van der Waals surface area contributed by atoms with Gasteiger partial charge in [-0.3, -0.25) is 4.79 Å². The minimum Gasteiger partial charge on any atom is -0.467 e. The number of hydrazone groups is 1. The lowest BCUT2D eigenvalue weighted by Crippen LogP contribution is -2.34. The van der Waals surface area contributed by atoms with E-state index in [1.807, 2.05) is 24.3 Å². The zero-order chi connectivity index (χ0) is 23.8. The van der Waals surface area contributed by atoms with Crippen molar-refractivity contribution < 1.29 is 32.6 Å². The summed E-state index contributed by atoms with van der Waals surface area (Å²) >= 11 is 0. The van der Waals surface area contributed by atoms with Gasteiger partial charge in [-0.15, -0.1) is 0 Å². The predicted molar refractivity (Wildman–Crippen MR) is 123 cm³/mol. The molecule has 2 aliphatic heterocycles. The van der Waals surface area contributed by atoms with Gasteiger partial charge in [0.2, 0.25) is 6.79 Å². The summed E-state index contributed by atoms with van der Waals surface area (Å²) in [6, 6.07) is 11.7. The van der Waals surface area contributed by atoms with Crippen LogP contribution in [0.1, 0.15) is 47.2 Å². The highest BCUT2D eigenvalue weighted by Crippen LogP contribution is 2.44. The maximum atomic E-state index is 13.3. The first-order valence-electron chi connectivity index (χ1n) is 11.4. The van der Waals surface area contributed by atoms with Crippen LogP contribution in [-0.2, 0) is 9.53 Å². The minimum atomic E-state index is -0.631. The van der Waals surface area contributed by atoms with Gasteiger partial charge < -0.3 is 23.0 Å². The van der Waals surface area contributed by atoms with Crippen LogP contribution >= 0.6 is 0 Å². The first-order valence-corrected chi connectivity index (χ1v) is 11.4. The predicted octanol–water partition coefficient (Wildman–Crippen LogP) is 4.58. The Kier molecular flexibility index (Phi) is 5.36. The van der Waals surface area contributed by atoms with Crippen LogP contribution in [0.2, 0.25) is 0 Å². The monoisotopic (exact) mass is 474 g/mol. The fourth-order valence-electron chi connectivity index (χ4n) is 4.79. The number of carbonyl (C=O) groups is 2. The smallest absolute Gasteiger partial charge is 0.338 e. The van der Waals surface area contributed by atoms with Gasteiger partial charge in [-0.1, -0.05) is 0 Å². The molecular formula is C26H22N2O7. The molecule has 6 rings (SSSR count). The van der Waals surface area contributed by atoms with E-state index in [0.717, 1.165) is 36.3 Å². The Labute approximate surface area is 200 Å². The fraction of sp³-hybridized carbons (Fsp3) is 0.269. The van der Waals surface area contributed by atoms with Crippen LogP contribution in [0.15, 0.2) is 74.5 Å². The Bertz CT molecular complexity index is 1310. The summed E-state index contributed by atoms with van der Waals surface area (Å²) in [7, 11) is 0. The number of ether oxygens (including phenoxy) is 3. The van der Waals surface area contributed by atoms with Crippen molar-refractivity contribution in [2.75, 3.05) is 13.4 Å². The van der Waals surface area contributed by atoms with Crippen LogP contribution in [0, 0.1) is 5.92 Å². The molecule has 0 N–H and O–H groups in total. The third-order valence-corrected chi connectivity index (χ3v) is 6.39. The van der Waals surface area contributed by atoms with Crippen LogP contribution in [0.4, 0.5) is 0 Å². The molecule has 1 fully saturated rings. The molecule has 9 heteroatoms. The lowest BCUT2D eigenvalue weighted by Gasteiger charge is -2.27. The fourth-order valence-corrected chi connectivity index (χ4v) is 4.79. The average molecular weight is 474 g/mol. The topological polar surface area (TPSA) is 104 Å². The van der Waals surface area contributed by atoms with Crippen molar-refractivity contribution >= 4 is 23.7 Å². The number of rotatable bonds is 5. The second-order valence-electron chi connectivity index (χ2n) is 8.51. The highest BCUT2D eigenvalue weighted by atomic mass is 16.7. The highest BCUT2D eigenvalue weighted by molar-refractivity contribution is 6.08. The van der Waals surface area contributed by atoms with Crippen LogP contribution < -0.4 is 9.47 Å². The highest BCUT2D eigenvalue weighted by Gasteiger charge is 2.45. The molecule has 0 radical (unpaired) electrons. The number of esters is 1. The van der Waals surface area contributed by atoms with Gasteiger partial charge in [-0.2, -0.15) is 5.10 Å². The molecular weight excluding hydrogens is 452 g/mol. The normalized spacial score (nSPS) is 21.7. The van der Waals surface area contributed by atoms with E-state index < -0.39 is 24.5 Å². The zero-order valence-corrected chi connectivity index (χ0v) is 18.7. The Hall–Kier alpha value is -4.27. The molecule has 0 bridgehead atoms. The van der Waals surface area contributed by atoms with Crippen molar-refractivity contribution in [3.8, 4) is 11.5 Å². The maximum Gasteiger partial charge on any atom is 0.338 e. The van der Waals surface area contributed by atoms with Gasteiger partial charge in [0, 0.05) is 5.92 Å². The van der Waals surface area contributed by atoms with Gasteiger partial charge in [-0.25, -0.2) is 9.80 Å². The molecule has 3 aromatic rings. The number of furan rings is 2. The summed E-state index contributed by atoms with van der Waals surface area (Å²) in [4.78, 5) is 25.8. The van der Waals surface area contributed by atoms with Crippen molar-refractivity contribution in [3.05, 3.63) is 77.6 Å². The minimum absolute atomic E-state index is 0.0235. The molecule has 178 valence electrons. The van der Waals surface area contributed by atoms with Gasteiger partial charge >= 0.3 is 5.97 Å². The summed E-state index contributed by atoms with van der Waals surface area (Å²) in [5, 5.41) is 6.11. The summed E-state index contributed by atoms with van der Waals surface area (Å²) in [6.07, 6.45) is 7.83. The van der Waals surface area contributed by atoms with E-state index in [1.165, 1.54) is 11.1 Å². The number of fused-ring (bicyclic) bond motifs is 2.